The van der Waals surface area contributed by atoms with E-state index in [2.05, 4.69) is 10.1 Å². The van der Waals surface area contributed by atoms with Crippen molar-refractivity contribution in [2.24, 2.45) is 0 Å². The van der Waals surface area contributed by atoms with Crippen LogP contribution in [0.15, 0.2) is 23.1 Å². The van der Waals surface area contributed by atoms with E-state index in [1.165, 1.54) is 25.7 Å². The minimum Gasteiger partial charge on any atom is -0.379 e. The minimum atomic E-state index is -0.157. The smallest absolute Gasteiger partial charge is 0.259 e. The Bertz CT molecular complexity index is 1280. The van der Waals surface area contributed by atoms with Crippen LogP contribution >= 0.6 is 0 Å². The lowest BCUT2D eigenvalue weighted by Crippen LogP contribution is -2.41. The fourth-order valence-electron chi connectivity index (χ4n) is 5.88. The summed E-state index contributed by atoms with van der Waals surface area (Å²) < 4.78 is 13.8. The van der Waals surface area contributed by atoms with Gasteiger partial charge in [0.15, 0.2) is 0 Å². The highest BCUT2D eigenvalue weighted by Crippen LogP contribution is 2.30. The van der Waals surface area contributed by atoms with Crippen molar-refractivity contribution in [3.63, 3.8) is 0 Å². The van der Waals surface area contributed by atoms with E-state index in [1.54, 1.807) is 6.20 Å². The molecule has 0 radical (unpaired) electrons. The molecule has 8 heteroatoms. The number of nitrogens with one attached hydrogen (secondary N) is 1. The predicted molar refractivity (Wildman–Crippen MR) is 136 cm³/mol. The molecule has 3 aliphatic rings. The van der Waals surface area contributed by atoms with E-state index < -0.39 is 0 Å². The van der Waals surface area contributed by atoms with Crippen molar-refractivity contribution in [3.8, 4) is 0 Å². The average molecular weight is 481 g/mol. The van der Waals surface area contributed by atoms with Gasteiger partial charge in [0.05, 0.1) is 47.5 Å². The molecule has 1 atom stereocenters. The highest BCUT2D eigenvalue weighted by Gasteiger charge is 2.29. The maximum absolute atomic E-state index is 13.6. The second-order valence-electron chi connectivity index (χ2n) is 10.1. The quantitative estimate of drug-likeness (QED) is 0.600. The highest BCUT2D eigenvalue weighted by atomic mass is 16.5. The first-order valence-corrected chi connectivity index (χ1v) is 12.6. The summed E-state index contributed by atoms with van der Waals surface area (Å²) >= 11 is 0. The van der Waals surface area contributed by atoms with Crippen LogP contribution in [0.3, 0.4) is 0 Å². The number of nitrogens with zero attached hydrogens (tertiary/aromatic N) is 3. The zero-order valence-corrected chi connectivity index (χ0v) is 19.7. The highest BCUT2D eigenvalue weighted by molar-refractivity contribution is 6.07. The fraction of sp³-hybridized carbons (Fsp3) is 0.593. The molecule has 0 unspecified atom stereocenters. The van der Waals surface area contributed by atoms with Gasteiger partial charge in [0.2, 0.25) is 0 Å². The maximum Gasteiger partial charge on any atom is 0.259 e. The Hall–Kier alpha value is -2.71. The Kier molecular flexibility index (Phi) is 6.68. The summed E-state index contributed by atoms with van der Waals surface area (Å²) in [5.41, 5.74) is 2.91. The van der Waals surface area contributed by atoms with Crippen LogP contribution < -0.4 is 5.56 Å². The molecule has 0 bridgehead atoms. The van der Waals surface area contributed by atoms with E-state index in [1.807, 2.05) is 28.6 Å². The largest absolute Gasteiger partial charge is 0.379 e. The molecule has 8 nitrogen and oxygen atoms in total. The van der Waals surface area contributed by atoms with Crippen molar-refractivity contribution in [2.75, 3.05) is 26.3 Å². The molecule has 3 aromatic rings. The zero-order chi connectivity index (χ0) is 23.2. The van der Waals surface area contributed by atoms with Gasteiger partial charge in [0.1, 0.15) is 0 Å². The topological polar surface area (TPSA) is 89.4 Å². The van der Waals surface area contributed by atoms with Gasteiger partial charge >= 0.3 is 0 Å². The van der Waals surface area contributed by atoms with Crippen molar-refractivity contribution in [1.82, 2.24) is 19.7 Å². The van der Waals surface area contributed by atoms with Crippen LogP contribution in [-0.2, 0) is 9.47 Å². The van der Waals surface area contributed by atoms with Crippen LogP contribution in [0.1, 0.15) is 74.3 Å². The van der Waals surface area contributed by atoms with Gasteiger partial charge in [-0.3, -0.25) is 14.3 Å². The Morgan fingerprint density at radius 2 is 1.83 bits per heavy atom. The lowest BCUT2D eigenvalue weighted by Gasteiger charge is -2.33. The van der Waals surface area contributed by atoms with Crippen LogP contribution in [0.2, 0.25) is 0 Å². The number of aryl methyl sites for hydroxylation is 1. The monoisotopic (exact) mass is 480 g/mol. The van der Waals surface area contributed by atoms with E-state index in [4.69, 9.17) is 9.47 Å². The van der Waals surface area contributed by atoms with Crippen molar-refractivity contribution >= 4 is 27.7 Å². The van der Waals surface area contributed by atoms with Gasteiger partial charge in [-0.15, -0.1) is 0 Å². The lowest BCUT2D eigenvalue weighted by molar-refractivity contribution is -0.0357. The molecule has 3 fully saturated rings. The molecular formula is C27H36N4O4. The van der Waals surface area contributed by atoms with Crippen molar-refractivity contribution in [2.45, 2.75) is 77.5 Å². The van der Waals surface area contributed by atoms with Crippen LogP contribution in [0.25, 0.3) is 21.8 Å². The van der Waals surface area contributed by atoms with Gasteiger partial charge in [-0.05, 0) is 56.7 Å². The minimum absolute atomic E-state index is 0. The normalized spacial score (nSPS) is 21.7. The fourth-order valence-corrected chi connectivity index (χ4v) is 5.88. The number of aromatic amines is 1. The third kappa shape index (κ3) is 4.38. The molecule has 1 aliphatic carbocycles. The summed E-state index contributed by atoms with van der Waals surface area (Å²) in [5.74, 6) is 0.0494. The first-order valence-electron chi connectivity index (χ1n) is 12.6. The van der Waals surface area contributed by atoms with E-state index >= 15 is 0 Å². The molecule has 1 N–H and O–H groups in total. The van der Waals surface area contributed by atoms with Gasteiger partial charge in [0.25, 0.3) is 11.5 Å². The number of pyridine rings is 1. The van der Waals surface area contributed by atoms with Crippen LogP contribution in [-0.4, -0.2) is 64.1 Å². The first-order chi connectivity index (χ1) is 16.6. The number of benzene rings is 1. The molecule has 1 aromatic carbocycles. The number of rotatable bonds is 4. The number of hydrogen-bond donors (Lipinski definition) is 1. The number of amides is 1. The van der Waals surface area contributed by atoms with Crippen molar-refractivity contribution < 1.29 is 14.3 Å². The van der Waals surface area contributed by atoms with Gasteiger partial charge in [-0.25, -0.2) is 0 Å². The van der Waals surface area contributed by atoms with Crippen molar-refractivity contribution in [3.05, 3.63) is 39.8 Å². The van der Waals surface area contributed by atoms with E-state index in [0.29, 0.717) is 43.4 Å². The number of hydrogen-bond acceptors (Lipinski definition) is 5. The molecule has 35 heavy (non-hydrogen) atoms. The molecule has 0 spiro atoms. The third-order valence-electron chi connectivity index (χ3n) is 7.81. The zero-order valence-electron chi connectivity index (χ0n) is 19.7. The van der Waals surface area contributed by atoms with Gasteiger partial charge < -0.3 is 19.4 Å². The molecule has 1 saturated carbocycles. The molecule has 188 valence electrons. The van der Waals surface area contributed by atoms with Crippen LogP contribution in [0.4, 0.5) is 0 Å². The predicted octanol–water partition coefficient (Wildman–Crippen LogP) is 4.35. The Morgan fingerprint density at radius 3 is 2.54 bits per heavy atom. The van der Waals surface area contributed by atoms with Gasteiger partial charge in [0, 0.05) is 30.6 Å². The van der Waals surface area contributed by atoms with E-state index in [-0.39, 0.29) is 31.0 Å². The number of fused-ring (bicyclic) bond motifs is 3. The number of carbonyl (C=O) groups is 1. The Labute approximate surface area is 205 Å². The second kappa shape index (κ2) is 9.74. The van der Waals surface area contributed by atoms with Gasteiger partial charge in [-0.1, -0.05) is 20.3 Å². The average Bonchev–Trinajstić information content (AvgIpc) is 3.60. The molecule has 2 aromatic heterocycles. The molecule has 2 aliphatic heterocycles. The molecule has 1 amide bonds. The van der Waals surface area contributed by atoms with Gasteiger partial charge in [-0.2, -0.15) is 5.10 Å². The number of aromatic nitrogens is 3. The molecule has 2 saturated heterocycles. The second-order valence-corrected chi connectivity index (χ2v) is 10.1. The number of carbonyl (C=O) groups excluding carboxylic acids is 1. The summed E-state index contributed by atoms with van der Waals surface area (Å²) in [4.78, 5) is 31.2. The molecule has 4 heterocycles. The number of likely N-dealkylation sites (tertiary alicyclic amines) is 1. The Morgan fingerprint density at radius 1 is 1.09 bits per heavy atom. The standard InChI is InChI=1S/C26H32N4O4.CH4/c1-16-12-23-21(24-22(25(31)28-23)14-27-30(24)17-8-11-33-15-17)13-20(16)26(32)29-9-6-19(7-10-29)34-18-4-2-3-5-18;/h12-14,17-19H,2-11,15H2,1H3,(H,28,31);1H4/t17-;/m0./s1. The SMILES string of the molecule is C.Cc1cc2[nH]c(=O)c3cnn([C@H]4CCOC4)c3c2cc1C(=O)N1CCC(OC2CCCC2)CC1. The lowest BCUT2D eigenvalue weighted by atomic mass is 10.0. The molecule has 6 rings (SSSR count). The van der Waals surface area contributed by atoms with E-state index in [0.717, 1.165) is 41.2 Å². The number of piperidine rings is 1. The van der Waals surface area contributed by atoms with Crippen LogP contribution in [0, 0.1) is 6.92 Å². The molecular weight excluding hydrogens is 444 g/mol. The number of H-pyrrole nitrogens is 1. The summed E-state index contributed by atoms with van der Waals surface area (Å²) in [6.45, 7) is 4.64. The number of ether oxygens (including phenoxy) is 2. The maximum atomic E-state index is 13.6. The third-order valence-corrected chi connectivity index (χ3v) is 7.81. The summed E-state index contributed by atoms with van der Waals surface area (Å²) in [5, 5.41) is 5.93. The first kappa shape index (κ1) is 24.0. The van der Waals surface area contributed by atoms with Crippen LogP contribution in [0.5, 0.6) is 0 Å². The van der Waals surface area contributed by atoms with E-state index in [9.17, 15) is 9.59 Å². The summed E-state index contributed by atoms with van der Waals surface area (Å²) in [6, 6.07) is 3.96. The summed E-state index contributed by atoms with van der Waals surface area (Å²) in [6.07, 6.45) is 9.84. The Balaban J connectivity index is 0.00000253. The van der Waals surface area contributed by atoms with Crippen molar-refractivity contribution in [1.29, 1.82) is 0 Å². The summed E-state index contributed by atoms with van der Waals surface area (Å²) in [7, 11) is 0.